The lowest BCUT2D eigenvalue weighted by Gasteiger charge is -2.31. The first-order valence-electron chi connectivity index (χ1n) is 6.72. The summed E-state index contributed by atoms with van der Waals surface area (Å²) < 4.78 is 0. The normalized spacial score (nSPS) is 26.3. The number of urea groups is 1. The van der Waals surface area contributed by atoms with Crippen LogP contribution in [0.3, 0.4) is 0 Å². The molecule has 0 aromatic heterocycles. The van der Waals surface area contributed by atoms with Gasteiger partial charge in [0.2, 0.25) is 0 Å². The van der Waals surface area contributed by atoms with Gasteiger partial charge >= 0.3 is 6.03 Å². The Hall–Kier alpha value is -0.380. The predicted molar refractivity (Wildman–Crippen MR) is 75.5 cm³/mol. The van der Waals surface area contributed by atoms with E-state index in [2.05, 4.69) is 23.8 Å². The van der Waals surface area contributed by atoms with Gasteiger partial charge in [0.1, 0.15) is 0 Å². The van der Waals surface area contributed by atoms with Gasteiger partial charge in [-0.05, 0) is 38.4 Å². The van der Waals surface area contributed by atoms with E-state index in [0.717, 1.165) is 24.0 Å². The molecule has 0 radical (unpaired) electrons. The number of hydrogen-bond donors (Lipinski definition) is 2. The van der Waals surface area contributed by atoms with Gasteiger partial charge in [-0.2, -0.15) is 11.8 Å². The van der Waals surface area contributed by atoms with E-state index in [1.807, 2.05) is 18.7 Å². The molecule has 1 saturated carbocycles. The van der Waals surface area contributed by atoms with Gasteiger partial charge in [0.05, 0.1) is 0 Å². The number of rotatable bonds is 5. The second-order valence-electron chi connectivity index (χ2n) is 5.02. The van der Waals surface area contributed by atoms with Crippen LogP contribution in [0.25, 0.3) is 0 Å². The van der Waals surface area contributed by atoms with Gasteiger partial charge in [-0.15, -0.1) is 0 Å². The Balaban J connectivity index is 2.30. The molecule has 0 aromatic rings. The van der Waals surface area contributed by atoms with Crippen LogP contribution in [0.5, 0.6) is 0 Å². The third-order valence-electron chi connectivity index (χ3n) is 3.52. The Morgan fingerprint density at radius 1 is 1.47 bits per heavy atom. The molecule has 100 valence electrons. The standard InChI is InChI=1S/C13H26N2OS/c1-4-14-13(16)15-12-7-5-6-11(9-12)8-10(2)17-3/h10-12H,4-9H2,1-3H3,(H2,14,15,16)/t10?,11-,12+/m0/s1. The van der Waals surface area contributed by atoms with Crippen LogP contribution in [-0.4, -0.2) is 30.1 Å². The van der Waals surface area contributed by atoms with Crippen molar-refractivity contribution < 1.29 is 4.79 Å². The minimum atomic E-state index is -0.00364. The van der Waals surface area contributed by atoms with Crippen LogP contribution in [0.1, 0.15) is 46.0 Å². The first kappa shape index (κ1) is 14.7. The molecule has 2 amide bonds. The molecular weight excluding hydrogens is 232 g/mol. The maximum absolute atomic E-state index is 11.5. The Labute approximate surface area is 109 Å². The molecule has 1 rings (SSSR count). The van der Waals surface area contributed by atoms with Crippen molar-refractivity contribution in [3.8, 4) is 0 Å². The number of amides is 2. The predicted octanol–water partition coefficient (Wildman–Crippen LogP) is 3.01. The van der Waals surface area contributed by atoms with E-state index in [9.17, 15) is 4.79 Å². The maximum atomic E-state index is 11.5. The first-order valence-corrected chi connectivity index (χ1v) is 8.01. The summed E-state index contributed by atoms with van der Waals surface area (Å²) in [6, 6.07) is 0.380. The number of nitrogens with one attached hydrogen (secondary N) is 2. The van der Waals surface area contributed by atoms with Crippen LogP contribution >= 0.6 is 11.8 Å². The molecule has 0 bridgehead atoms. The number of carbonyl (C=O) groups is 1. The van der Waals surface area contributed by atoms with Gasteiger partial charge in [-0.1, -0.05) is 19.8 Å². The van der Waals surface area contributed by atoms with Crippen LogP contribution in [0.15, 0.2) is 0 Å². The largest absolute Gasteiger partial charge is 0.338 e. The Kier molecular flexibility index (Phi) is 6.78. The highest BCUT2D eigenvalue weighted by atomic mass is 32.2. The van der Waals surface area contributed by atoms with E-state index in [1.165, 1.54) is 19.3 Å². The molecule has 1 unspecified atom stereocenters. The molecule has 4 heteroatoms. The van der Waals surface area contributed by atoms with E-state index in [0.29, 0.717) is 12.6 Å². The van der Waals surface area contributed by atoms with Gasteiger partial charge < -0.3 is 10.6 Å². The minimum Gasteiger partial charge on any atom is -0.338 e. The van der Waals surface area contributed by atoms with E-state index in [4.69, 9.17) is 0 Å². The smallest absolute Gasteiger partial charge is 0.314 e. The summed E-state index contributed by atoms with van der Waals surface area (Å²) in [6.07, 6.45) is 8.34. The molecule has 2 N–H and O–H groups in total. The Morgan fingerprint density at radius 2 is 2.24 bits per heavy atom. The lowest BCUT2D eigenvalue weighted by Crippen LogP contribution is -2.44. The molecule has 17 heavy (non-hydrogen) atoms. The lowest BCUT2D eigenvalue weighted by atomic mass is 9.83. The molecule has 0 saturated heterocycles. The molecule has 1 aliphatic carbocycles. The summed E-state index contributed by atoms with van der Waals surface area (Å²) in [5, 5.41) is 6.63. The zero-order valence-corrected chi connectivity index (χ0v) is 12.1. The van der Waals surface area contributed by atoms with Crippen molar-refractivity contribution in [3.63, 3.8) is 0 Å². The fourth-order valence-corrected chi connectivity index (χ4v) is 3.06. The SMILES string of the molecule is CCNC(=O)N[C@@H]1CCC[C@@H](CC(C)SC)C1. The van der Waals surface area contributed by atoms with Crippen LogP contribution in [0.2, 0.25) is 0 Å². The Bertz CT molecular complexity index is 235. The summed E-state index contributed by atoms with van der Waals surface area (Å²) in [5.41, 5.74) is 0. The number of carbonyl (C=O) groups excluding carboxylic acids is 1. The van der Waals surface area contributed by atoms with Gasteiger partial charge in [-0.3, -0.25) is 0 Å². The molecule has 0 aliphatic heterocycles. The zero-order chi connectivity index (χ0) is 12.7. The summed E-state index contributed by atoms with van der Waals surface area (Å²) in [5.74, 6) is 0.790. The molecule has 1 aliphatic rings. The second-order valence-corrected chi connectivity index (χ2v) is 6.29. The van der Waals surface area contributed by atoms with Crippen molar-refractivity contribution in [2.75, 3.05) is 12.8 Å². The van der Waals surface area contributed by atoms with Crippen molar-refractivity contribution >= 4 is 17.8 Å². The van der Waals surface area contributed by atoms with Crippen LogP contribution in [0, 0.1) is 5.92 Å². The van der Waals surface area contributed by atoms with E-state index in [-0.39, 0.29) is 6.03 Å². The highest BCUT2D eigenvalue weighted by Gasteiger charge is 2.24. The monoisotopic (exact) mass is 258 g/mol. The van der Waals surface area contributed by atoms with E-state index >= 15 is 0 Å². The molecule has 3 nitrogen and oxygen atoms in total. The van der Waals surface area contributed by atoms with Gasteiger partial charge in [-0.25, -0.2) is 4.79 Å². The zero-order valence-electron chi connectivity index (χ0n) is 11.3. The fourth-order valence-electron chi connectivity index (χ4n) is 2.60. The molecule has 0 heterocycles. The van der Waals surface area contributed by atoms with Crippen molar-refractivity contribution in [3.05, 3.63) is 0 Å². The van der Waals surface area contributed by atoms with Crippen molar-refractivity contribution in [1.29, 1.82) is 0 Å². The molecule has 0 spiro atoms. The number of thioether (sulfide) groups is 1. The molecule has 0 aromatic carbocycles. The van der Waals surface area contributed by atoms with Gasteiger partial charge in [0.25, 0.3) is 0 Å². The van der Waals surface area contributed by atoms with Crippen LogP contribution in [-0.2, 0) is 0 Å². The van der Waals surface area contributed by atoms with Gasteiger partial charge in [0, 0.05) is 17.8 Å². The third kappa shape index (κ3) is 5.66. The first-order chi connectivity index (χ1) is 8.15. The van der Waals surface area contributed by atoms with Gasteiger partial charge in [0.15, 0.2) is 0 Å². The highest BCUT2D eigenvalue weighted by Crippen LogP contribution is 2.30. The highest BCUT2D eigenvalue weighted by molar-refractivity contribution is 7.99. The van der Waals surface area contributed by atoms with E-state index < -0.39 is 0 Å². The van der Waals surface area contributed by atoms with Crippen molar-refractivity contribution in [2.45, 2.75) is 57.2 Å². The summed E-state index contributed by atoms with van der Waals surface area (Å²) >= 11 is 1.94. The quantitative estimate of drug-likeness (QED) is 0.796. The lowest BCUT2D eigenvalue weighted by molar-refractivity contribution is 0.224. The minimum absolute atomic E-state index is 0.00364. The summed E-state index contributed by atoms with van der Waals surface area (Å²) in [6.45, 7) is 4.94. The van der Waals surface area contributed by atoms with Crippen LogP contribution < -0.4 is 10.6 Å². The topological polar surface area (TPSA) is 41.1 Å². The second kappa shape index (κ2) is 7.85. The van der Waals surface area contributed by atoms with Crippen LogP contribution in [0.4, 0.5) is 4.79 Å². The van der Waals surface area contributed by atoms with Crippen molar-refractivity contribution in [2.24, 2.45) is 5.92 Å². The summed E-state index contributed by atoms with van der Waals surface area (Å²) in [4.78, 5) is 11.5. The average Bonchev–Trinajstić information content (AvgIpc) is 2.29. The summed E-state index contributed by atoms with van der Waals surface area (Å²) in [7, 11) is 0. The average molecular weight is 258 g/mol. The molecular formula is C13H26N2OS. The van der Waals surface area contributed by atoms with E-state index in [1.54, 1.807) is 0 Å². The third-order valence-corrected chi connectivity index (χ3v) is 4.52. The Morgan fingerprint density at radius 3 is 2.88 bits per heavy atom. The maximum Gasteiger partial charge on any atom is 0.314 e. The molecule has 1 fully saturated rings. The number of hydrogen-bond acceptors (Lipinski definition) is 2. The fraction of sp³-hybridized carbons (Fsp3) is 0.923. The molecule has 3 atom stereocenters. The van der Waals surface area contributed by atoms with Crippen molar-refractivity contribution in [1.82, 2.24) is 10.6 Å².